The molecule has 164 valence electrons. The van der Waals surface area contributed by atoms with Crippen LogP contribution in [0.1, 0.15) is 16.7 Å². The lowest BCUT2D eigenvalue weighted by molar-refractivity contribution is -0.141. The molecule has 4 aromatic rings. The summed E-state index contributed by atoms with van der Waals surface area (Å²) in [6.45, 7) is 4.01. The van der Waals surface area contributed by atoms with Gasteiger partial charge in [-0.2, -0.15) is 0 Å². The van der Waals surface area contributed by atoms with Crippen molar-refractivity contribution in [2.24, 2.45) is 0 Å². The fraction of sp³-hybridized carbons (Fsp3) is 0.217. The first-order chi connectivity index (χ1) is 15.4. The van der Waals surface area contributed by atoms with Crippen molar-refractivity contribution in [3.05, 3.63) is 71.7 Å². The first-order valence-electron chi connectivity index (χ1n) is 10.1. The summed E-state index contributed by atoms with van der Waals surface area (Å²) in [4.78, 5) is 27.5. The number of carboxylic acid groups (broad SMARTS) is 1. The van der Waals surface area contributed by atoms with Gasteiger partial charge in [-0.25, -0.2) is 4.79 Å². The van der Waals surface area contributed by atoms with E-state index in [0.717, 1.165) is 33.3 Å². The summed E-state index contributed by atoms with van der Waals surface area (Å²) < 4.78 is 1.83. The lowest BCUT2D eigenvalue weighted by atomic mass is 10.1. The third-order valence-corrected chi connectivity index (χ3v) is 6.15. The molecule has 0 saturated carbocycles. The summed E-state index contributed by atoms with van der Waals surface area (Å²) in [5.41, 5.74) is 4.89. The van der Waals surface area contributed by atoms with E-state index in [0.29, 0.717) is 5.16 Å². The molecular weight excluding hydrogens is 426 g/mol. The summed E-state index contributed by atoms with van der Waals surface area (Å²) >= 11 is 1.21. The van der Waals surface area contributed by atoms with E-state index in [1.807, 2.05) is 60.9 Å². The van der Waals surface area contributed by atoms with Crippen molar-refractivity contribution < 1.29 is 14.7 Å². The molecule has 0 aliphatic rings. The van der Waals surface area contributed by atoms with Gasteiger partial charge in [-0.05, 0) is 42.7 Å². The molecule has 0 saturated heterocycles. The Bertz CT molecular complexity index is 1280. The van der Waals surface area contributed by atoms with Gasteiger partial charge in [0.15, 0.2) is 5.16 Å². The molecule has 2 heterocycles. The quantitative estimate of drug-likeness (QED) is 0.356. The maximum atomic E-state index is 12.6. The fourth-order valence-corrected chi connectivity index (χ4v) is 4.29. The van der Waals surface area contributed by atoms with Crippen molar-refractivity contribution in [2.75, 3.05) is 5.75 Å². The van der Waals surface area contributed by atoms with Crippen molar-refractivity contribution in [3.8, 4) is 5.69 Å². The van der Waals surface area contributed by atoms with Crippen LogP contribution in [0.5, 0.6) is 0 Å². The highest BCUT2D eigenvalue weighted by Crippen LogP contribution is 2.23. The van der Waals surface area contributed by atoms with E-state index < -0.39 is 12.0 Å². The van der Waals surface area contributed by atoms with E-state index in [2.05, 4.69) is 20.5 Å². The summed E-state index contributed by atoms with van der Waals surface area (Å²) in [5.74, 6) is -1.42. The van der Waals surface area contributed by atoms with Crippen molar-refractivity contribution in [1.82, 2.24) is 25.1 Å². The highest BCUT2D eigenvalue weighted by atomic mass is 32.2. The molecule has 0 aliphatic carbocycles. The van der Waals surface area contributed by atoms with E-state index in [1.54, 1.807) is 12.5 Å². The normalized spacial score (nSPS) is 12.1. The molecule has 0 radical (unpaired) electrons. The van der Waals surface area contributed by atoms with Crippen molar-refractivity contribution in [1.29, 1.82) is 0 Å². The van der Waals surface area contributed by atoms with Crippen LogP contribution in [-0.2, 0) is 16.0 Å². The number of carboxylic acids is 1. The smallest absolute Gasteiger partial charge is 0.326 e. The molecule has 2 aromatic heterocycles. The number of aromatic amines is 1. The number of nitrogens with zero attached hydrogens (tertiary/aromatic N) is 3. The van der Waals surface area contributed by atoms with Gasteiger partial charge in [0.1, 0.15) is 12.4 Å². The van der Waals surface area contributed by atoms with Crippen LogP contribution in [0.4, 0.5) is 0 Å². The zero-order chi connectivity index (χ0) is 22.7. The number of thioether (sulfide) groups is 1. The number of benzene rings is 2. The number of amides is 1. The van der Waals surface area contributed by atoms with Gasteiger partial charge >= 0.3 is 5.97 Å². The van der Waals surface area contributed by atoms with Gasteiger partial charge < -0.3 is 15.4 Å². The Morgan fingerprint density at radius 3 is 2.84 bits per heavy atom. The first kappa shape index (κ1) is 21.6. The number of hydrogen-bond donors (Lipinski definition) is 3. The van der Waals surface area contributed by atoms with Crippen molar-refractivity contribution in [2.45, 2.75) is 31.5 Å². The maximum Gasteiger partial charge on any atom is 0.326 e. The number of carbonyl (C=O) groups excluding carboxylic acids is 1. The maximum absolute atomic E-state index is 12.6. The second-order valence-electron chi connectivity index (χ2n) is 7.58. The number of nitrogens with one attached hydrogen (secondary N) is 2. The van der Waals surface area contributed by atoms with Crippen molar-refractivity contribution in [3.63, 3.8) is 0 Å². The molecule has 9 heteroatoms. The Morgan fingerprint density at radius 1 is 1.22 bits per heavy atom. The largest absolute Gasteiger partial charge is 0.480 e. The van der Waals surface area contributed by atoms with Crippen LogP contribution in [0.25, 0.3) is 16.6 Å². The van der Waals surface area contributed by atoms with Gasteiger partial charge in [-0.1, -0.05) is 42.1 Å². The van der Waals surface area contributed by atoms with E-state index >= 15 is 0 Å². The lowest BCUT2D eigenvalue weighted by Crippen LogP contribution is -2.43. The van der Waals surface area contributed by atoms with E-state index in [1.165, 1.54) is 11.8 Å². The average molecular weight is 450 g/mol. The summed E-state index contributed by atoms with van der Waals surface area (Å²) in [6, 6.07) is 12.7. The van der Waals surface area contributed by atoms with Gasteiger partial charge in [-0.15, -0.1) is 10.2 Å². The predicted octanol–water partition coefficient (Wildman–Crippen LogP) is 3.27. The van der Waals surface area contributed by atoms with Crippen LogP contribution in [0.2, 0.25) is 0 Å². The van der Waals surface area contributed by atoms with E-state index in [9.17, 15) is 14.7 Å². The molecule has 0 bridgehead atoms. The molecular formula is C23H23N5O3S. The molecule has 4 rings (SSSR count). The molecule has 0 spiro atoms. The number of aliphatic carboxylic acids is 1. The van der Waals surface area contributed by atoms with Gasteiger partial charge in [0, 0.05) is 23.5 Å². The van der Waals surface area contributed by atoms with Gasteiger partial charge in [0.2, 0.25) is 5.91 Å². The highest BCUT2D eigenvalue weighted by molar-refractivity contribution is 7.99. The second kappa shape index (κ2) is 9.27. The fourth-order valence-electron chi connectivity index (χ4n) is 3.55. The lowest BCUT2D eigenvalue weighted by Gasteiger charge is -2.14. The Kier molecular flexibility index (Phi) is 6.27. The number of hydrogen-bond acceptors (Lipinski definition) is 5. The van der Waals surface area contributed by atoms with Gasteiger partial charge in [-0.3, -0.25) is 9.36 Å². The third kappa shape index (κ3) is 4.67. The SMILES string of the molecule is Cc1ccc(C)c(-n2cnnc2SCC(=O)N[C@H](Cc2c[nH]c3ccccc23)C(=O)O)c1. The molecule has 0 aliphatic heterocycles. The molecule has 2 aromatic carbocycles. The van der Waals surface area contributed by atoms with Crippen molar-refractivity contribution >= 4 is 34.5 Å². The number of aromatic nitrogens is 4. The summed E-state index contributed by atoms with van der Waals surface area (Å²) in [5, 5.41) is 21.9. The van der Waals surface area contributed by atoms with Gasteiger partial charge in [0.25, 0.3) is 0 Å². The molecule has 1 atom stereocenters. The molecule has 8 nitrogen and oxygen atoms in total. The Hall–Kier alpha value is -3.59. The van der Waals surface area contributed by atoms with Crippen LogP contribution in [0.15, 0.2) is 60.1 Å². The van der Waals surface area contributed by atoms with Crippen LogP contribution in [-0.4, -0.2) is 48.5 Å². The zero-order valence-corrected chi connectivity index (χ0v) is 18.5. The summed E-state index contributed by atoms with van der Waals surface area (Å²) in [6.07, 6.45) is 3.58. The number of carbonyl (C=O) groups is 2. The molecule has 3 N–H and O–H groups in total. The topological polar surface area (TPSA) is 113 Å². The van der Waals surface area contributed by atoms with E-state index in [4.69, 9.17) is 0 Å². The predicted molar refractivity (Wildman–Crippen MR) is 123 cm³/mol. The molecule has 1 amide bonds. The number of rotatable bonds is 8. The van der Waals surface area contributed by atoms with Crippen LogP contribution >= 0.6 is 11.8 Å². The minimum atomic E-state index is -1.08. The van der Waals surface area contributed by atoms with E-state index in [-0.39, 0.29) is 18.1 Å². The Balaban J connectivity index is 1.42. The monoisotopic (exact) mass is 449 g/mol. The minimum absolute atomic E-state index is 0.0290. The average Bonchev–Trinajstić information content (AvgIpc) is 3.40. The Labute approximate surface area is 189 Å². The van der Waals surface area contributed by atoms with Crippen LogP contribution in [0.3, 0.4) is 0 Å². The Morgan fingerprint density at radius 2 is 2.03 bits per heavy atom. The first-order valence-corrected chi connectivity index (χ1v) is 11.1. The van der Waals surface area contributed by atoms with Crippen LogP contribution < -0.4 is 5.32 Å². The number of fused-ring (bicyclic) bond motifs is 1. The molecule has 0 unspecified atom stereocenters. The number of para-hydroxylation sites is 1. The third-order valence-electron chi connectivity index (χ3n) is 5.21. The minimum Gasteiger partial charge on any atom is -0.480 e. The standard InChI is InChI=1S/C23H23N5O3S/c1-14-7-8-15(2)20(9-14)28-13-25-27-23(28)32-12-21(29)26-19(22(30)31)10-16-11-24-18-6-4-3-5-17(16)18/h3-9,11,13,19,24H,10,12H2,1-2H3,(H,26,29)(H,30,31)/t19-/m1/s1. The summed E-state index contributed by atoms with van der Waals surface area (Å²) in [7, 11) is 0. The highest BCUT2D eigenvalue weighted by Gasteiger charge is 2.22. The van der Waals surface area contributed by atoms with Gasteiger partial charge in [0.05, 0.1) is 11.4 Å². The number of aryl methyl sites for hydroxylation is 2. The van der Waals surface area contributed by atoms with Crippen LogP contribution in [0, 0.1) is 13.8 Å². The second-order valence-corrected chi connectivity index (χ2v) is 8.53. The molecule has 32 heavy (non-hydrogen) atoms. The number of H-pyrrole nitrogens is 1. The molecule has 0 fully saturated rings. The zero-order valence-electron chi connectivity index (χ0n) is 17.7.